The quantitative estimate of drug-likeness (QED) is 0.596. The minimum atomic E-state index is -0.522. The Bertz CT molecular complexity index is 946. The average molecular weight is 447 g/mol. The van der Waals surface area contributed by atoms with Gasteiger partial charge in [0.25, 0.3) is 0 Å². The van der Waals surface area contributed by atoms with Gasteiger partial charge in [-0.25, -0.2) is 13.8 Å². The van der Waals surface area contributed by atoms with Crippen LogP contribution in [0.1, 0.15) is 65.0 Å². The number of halogens is 2. The molecule has 1 aliphatic rings. The molecule has 7 heteroatoms. The maximum atomic E-state index is 14.1. The Morgan fingerprint density at radius 1 is 1.19 bits per heavy atom. The molecule has 2 aromatic rings. The van der Waals surface area contributed by atoms with Crippen molar-refractivity contribution in [2.45, 2.75) is 72.3 Å². The van der Waals surface area contributed by atoms with Crippen LogP contribution in [0.15, 0.2) is 24.7 Å². The van der Waals surface area contributed by atoms with Crippen LogP contribution in [0.3, 0.4) is 0 Å². The summed E-state index contributed by atoms with van der Waals surface area (Å²) < 4.78 is 29.5. The van der Waals surface area contributed by atoms with Crippen molar-refractivity contribution in [1.29, 1.82) is 0 Å². The average Bonchev–Trinajstić information content (AvgIpc) is 3.14. The van der Waals surface area contributed by atoms with Gasteiger partial charge in [-0.2, -0.15) is 0 Å². The maximum absolute atomic E-state index is 14.1. The number of carbonyl (C=O) groups excluding carboxylic acids is 1. The van der Waals surface area contributed by atoms with E-state index in [4.69, 9.17) is 0 Å². The van der Waals surface area contributed by atoms with Crippen LogP contribution in [-0.2, 0) is 23.2 Å². The Morgan fingerprint density at radius 2 is 1.94 bits per heavy atom. The summed E-state index contributed by atoms with van der Waals surface area (Å²) in [6, 6.07) is 2.38. The Kier molecular flexibility index (Phi) is 7.38. The van der Waals surface area contributed by atoms with E-state index in [1.54, 1.807) is 6.33 Å². The zero-order chi connectivity index (χ0) is 23.5. The third-order valence-corrected chi connectivity index (χ3v) is 6.11. The van der Waals surface area contributed by atoms with Crippen molar-refractivity contribution < 1.29 is 13.6 Å². The first-order valence-electron chi connectivity index (χ1n) is 11.4. The maximum Gasteiger partial charge on any atom is 0.225 e. The Morgan fingerprint density at radius 3 is 2.66 bits per heavy atom. The Hall–Kier alpha value is -2.28. The zero-order valence-electron chi connectivity index (χ0n) is 19.9. The largest absolute Gasteiger partial charge is 0.328 e. The number of rotatable bonds is 8. The van der Waals surface area contributed by atoms with Crippen molar-refractivity contribution in [3.63, 3.8) is 0 Å². The number of nitrogens with zero attached hydrogens (tertiary/aromatic N) is 2. The number of aromatic nitrogens is 2. The highest BCUT2D eigenvalue weighted by Crippen LogP contribution is 2.31. The number of benzene rings is 1. The van der Waals surface area contributed by atoms with Gasteiger partial charge in [-0.15, -0.1) is 0 Å². The molecule has 0 radical (unpaired) electrons. The number of nitrogens with one attached hydrogen (secondary N) is 2. The first kappa shape index (κ1) is 24.4. The number of hydrogen-bond acceptors (Lipinski definition) is 3. The Balaban J connectivity index is 1.48. The predicted molar refractivity (Wildman–Crippen MR) is 124 cm³/mol. The molecule has 1 aromatic carbocycles. The highest BCUT2D eigenvalue weighted by Gasteiger charge is 2.24. The van der Waals surface area contributed by atoms with Crippen molar-refractivity contribution in [2.75, 3.05) is 18.4 Å². The van der Waals surface area contributed by atoms with E-state index in [1.165, 1.54) is 6.07 Å². The highest BCUT2D eigenvalue weighted by atomic mass is 19.1. The molecule has 2 N–H and O–H groups in total. The molecular formula is C25H36F2N4O. The summed E-state index contributed by atoms with van der Waals surface area (Å²) in [5, 5.41) is 6.38. The van der Waals surface area contributed by atoms with Gasteiger partial charge in [0.1, 0.15) is 11.6 Å². The fourth-order valence-electron chi connectivity index (χ4n) is 4.20. The number of aryl methyl sites for hydroxylation is 1. The molecule has 1 heterocycles. The van der Waals surface area contributed by atoms with Gasteiger partial charge < -0.3 is 15.2 Å². The van der Waals surface area contributed by atoms with Crippen molar-refractivity contribution in [3.8, 4) is 0 Å². The molecular weight excluding hydrogens is 410 g/mol. The number of imidazole rings is 1. The van der Waals surface area contributed by atoms with E-state index in [2.05, 4.69) is 50.2 Å². The molecule has 5 nitrogen and oxygen atoms in total. The van der Waals surface area contributed by atoms with E-state index in [-0.39, 0.29) is 22.8 Å². The number of amides is 1. The summed E-state index contributed by atoms with van der Waals surface area (Å²) in [5.41, 5.74) is 1.39. The fraction of sp³-hybridized carbons (Fsp3) is 0.600. The monoisotopic (exact) mass is 446 g/mol. The van der Waals surface area contributed by atoms with E-state index in [1.807, 2.05) is 10.8 Å². The van der Waals surface area contributed by atoms with Crippen LogP contribution in [0.5, 0.6) is 0 Å². The molecule has 0 fully saturated rings. The first-order chi connectivity index (χ1) is 14.9. The summed E-state index contributed by atoms with van der Waals surface area (Å²) in [6.07, 6.45) is 6.68. The number of anilines is 1. The van der Waals surface area contributed by atoms with Crippen molar-refractivity contribution >= 4 is 11.7 Å². The third kappa shape index (κ3) is 6.61. The summed E-state index contributed by atoms with van der Waals surface area (Å²) in [5.74, 6) is -0.330. The smallest absolute Gasteiger partial charge is 0.225 e. The van der Waals surface area contributed by atoms with Crippen LogP contribution < -0.4 is 10.6 Å². The molecule has 0 saturated carbocycles. The Labute approximate surface area is 190 Å². The second-order valence-electron chi connectivity index (χ2n) is 10.9. The van der Waals surface area contributed by atoms with Gasteiger partial charge in [-0.3, -0.25) is 4.79 Å². The van der Waals surface area contributed by atoms with Gasteiger partial charge in [0, 0.05) is 31.8 Å². The van der Waals surface area contributed by atoms with Gasteiger partial charge in [-0.1, -0.05) is 20.8 Å². The molecule has 1 aromatic heterocycles. The summed E-state index contributed by atoms with van der Waals surface area (Å²) >= 11 is 0. The summed E-state index contributed by atoms with van der Waals surface area (Å²) in [6.45, 7) is 12.5. The molecule has 1 atom stereocenters. The SMILES string of the molecule is CC(C)(C)CNCC(C)(C)n1cnc(NC(=O)CC[C@H]2CCc3cc(F)cc(F)c3C2)c1. The zero-order valence-corrected chi connectivity index (χ0v) is 19.9. The second-order valence-corrected chi connectivity index (χ2v) is 10.9. The second kappa shape index (κ2) is 9.69. The molecule has 0 saturated heterocycles. The molecule has 1 aliphatic carbocycles. The van der Waals surface area contributed by atoms with E-state index in [9.17, 15) is 13.6 Å². The first-order valence-corrected chi connectivity index (χ1v) is 11.4. The fourth-order valence-corrected chi connectivity index (χ4v) is 4.20. The van der Waals surface area contributed by atoms with Crippen molar-refractivity contribution in [3.05, 3.63) is 47.4 Å². The van der Waals surface area contributed by atoms with E-state index < -0.39 is 11.6 Å². The predicted octanol–water partition coefficient (Wildman–Crippen LogP) is 5.06. The molecule has 32 heavy (non-hydrogen) atoms. The lowest BCUT2D eigenvalue weighted by molar-refractivity contribution is -0.116. The highest BCUT2D eigenvalue weighted by molar-refractivity contribution is 5.89. The van der Waals surface area contributed by atoms with Crippen LogP contribution in [0.25, 0.3) is 0 Å². The normalized spacial score (nSPS) is 16.7. The van der Waals surface area contributed by atoms with Crippen molar-refractivity contribution in [2.24, 2.45) is 11.3 Å². The lowest BCUT2D eigenvalue weighted by Crippen LogP contribution is -2.40. The van der Waals surface area contributed by atoms with Crippen LogP contribution in [0.4, 0.5) is 14.6 Å². The summed E-state index contributed by atoms with van der Waals surface area (Å²) in [4.78, 5) is 16.8. The van der Waals surface area contributed by atoms with Gasteiger partial charge in [0.2, 0.25) is 5.91 Å². The van der Waals surface area contributed by atoms with Gasteiger partial charge in [0.05, 0.1) is 11.9 Å². The van der Waals surface area contributed by atoms with Crippen LogP contribution in [0, 0.1) is 23.0 Å². The minimum Gasteiger partial charge on any atom is -0.328 e. The standard InChI is InChI=1S/C25H36F2N4O/c1-24(2,3)14-28-15-25(4,5)31-13-22(29-16-31)30-23(32)9-7-17-6-8-18-11-19(26)12-21(27)20(18)10-17/h11-13,16-17,28H,6-10,14-15H2,1-5H3,(H,30,32)/t17-/m1/s1. The van der Waals surface area contributed by atoms with Crippen LogP contribution >= 0.6 is 0 Å². The molecule has 3 rings (SSSR count). The molecule has 0 spiro atoms. The molecule has 0 unspecified atom stereocenters. The van der Waals surface area contributed by atoms with Crippen LogP contribution in [0.2, 0.25) is 0 Å². The number of fused-ring (bicyclic) bond motifs is 1. The lowest BCUT2D eigenvalue weighted by Gasteiger charge is -2.29. The van der Waals surface area contributed by atoms with E-state index >= 15 is 0 Å². The topological polar surface area (TPSA) is 59.0 Å². The molecule has 0 bridgehead atoms. The molecule has 0 aliphatic heterocycles. The lowest BCUT2D eigenvalue weighted by atomic mass is 9.81. The van der Waals surface area contributed by atoms with Crippen molar-refractivity contribution in [1.82, 2.24) is 14.9 Å². The number of hydrogen-bond donors (Lipinski definition) is 2. The van der Waals surface area contributed by atoms with Crippen LogP contribution in [-0.4, -0.2) is 28.5 Å². The van der Waals surface area contributed by atoms with Gasteiger partial charge >= 0.3 is 0 Å². The van der Waals surface area contributed by atoms with E-state index in [0.29, 0.717) is 37.1 Å². The molecule has 176 valence electrons. The van der Waals surface area contributed by atoms with Gasteiger partial charge in [0.15, 0.2) is 5.82 Å². The third-order valence-electron chi connectivity index (χ3n) is 6.11. The minimum absolute atomic E-state index is 0.0933. The molecule has 1 amide bonds. The number of carbonyl (C=O) groups is 1. The van der Waals surface area contributed by atoms with E-state index in [0.717, 1.165) is 31.1 Å². The van der Waals surface area contributed by atoms with Gasteiger partial charge in [-0.05, 0) is 68.1 Å². The summed E-state index contributed by atoms with van der Waals surface area (Å²) in [7, 11) is 0.